The molecule has 0 spiro atoms. The lowest BCUT2D eigenvalue weighted by atomic mass is 10.1. The molecule has 0 radical (unpaired) electrons. The van der Waals surface area contributed by atoms with E-state index in [0.29, 0.717) is 6.54 Å². The molecule has 2 N–H and O–H groups in total. The smallest absolute Gasteiger partial charge is 0.0705 e. The van der Waals surface area contributed by atoms with Crippen LogP contribution in [-0.4, -0.2) is 4.98 Å². The molecule has 0 unspecified atom stereocenters. The zero-order valence-corrected chi connectivity index (χ0v) is 14.0. The molecule has 0 bridgehead atoms. The fourth-order valence-corrected chi connectivity index (χ4v) is 2.95. The van der Waals surface area contributed by atoms with E-state index in [9.17, 15) is 0 Å². The average Bonchev–Trinajstić information content (AvgIpc) is 2.82. The number of aromatic amines is 1. The van der Waals surface area contributed by atoms with Gasteiger partial charge < -0.3 is 10.3 Å². The molecule has 0 fully saturated rings. The van der Waals surface area contributed by atoms with Crippen molar-refractivity contribution >= 4 is 38.4 Å². The Kier molecular flexibility index (Phi) is 4.34. The highest BCUT2D eigenvalue weighted by Crippen LogP contribution is 2.27. The van der Waals surface area contributed by atoms with Gasteiger partial charge in [0.15, 0.2) is 0 Å². The Morgan fingerprint density at radius 3 is 2.57 bits per heavy atom. The number of fused-ring (bicyclic) bond motifs is 1. The fraction of sp³-hybridized carbons (Fsp3) is 0.176. The number of hydrogen-bond donors (Lipinski definition) is 2. The molecule has 0 aliphatic heterocycles. The summed E-state index contributed by atoms with van der Waals surface area (Å²) in [5.41, 5.74) is 3.36. The molecule has 4 heteroatoms. The Morgan fingerprint density at radius 1 is 1.14 bits per heavy atom. The predicted octanol–water partition coefficient (Wildman–Crippen LogP) is 5.43. The number of rotatable bonds is 4. The minimum Gasteiger partial charge on any atom is -0.356 e. The summed E-state index contributed by atoms with van der Waals surface area (Å²) in [6, 6.07) is 16.7. The number of halogens is 2. The molecule has 1 heterocycles. The largest absolute Gasteiger partial charge is 0.356 e. The van der Waals surface area contributed by atoms with Crippen LogP contribution in [0, 0.1) is 0 Å². The minimum absolute atomic E-state index is 0.264. The number of benzene rings is 2. The maximum atomic E-state index is 6.43. The summed E-state index contributed by atoms with van der Waals surface area (Å²) >= 11 is 9.89. The monoisotopic (exact) mass is 362 g/mol. The molecule has 3 aromatic rings. The Bertz CT molecular complexity index is 749. The van der Waals surface area contributed by atoms with Gasteiger partial charge in [-0.15, -0.1) is 0 Å². The van der Waals surface area contributed by atoms with Crippen LogP contribution in [0.3, 0.4) is 0 Å². The maximum absolute atomic E-state index is 6.43. The lowest BCUT2D eigenvalue weighted by Gasteiger charge is -2.14. The molecule has 21 heavy (non-hydrogen) atoms. The summed E-state index contributed by atoms with van der Waals surface area (Å²) in [6.07, 6.45) is 0. The van der Waals surface area contributed by atoms with Crippen LogP contribution in [0.25, 0.3) is 10.9 Å². The van der Waals surface area contributed by atoms with Gasteiger partial charge in [0.05, 0.1) is 5.02 Å². The van der Waals surface area contributed by atoms with E-state index in [1.54, 1.807) is 0 Å². The minimum atomic E-state index is 0.264. The summed E-state index contributed by atoms with van der Waals surface area (Å²) in [5, 5.41) is 5.39. The van der Waals surface area contributed by atoms with Crippen molar-refractivity contribution in [3.8, 4) is 0 Å². The van der Waals surface area contributed by atoms with Gasteiger partial charge in [-0.05, 0) is 30.7 Å². The third kappa shape index (κ3) is 3.15. The van der Waals surface area contributed by atoms with Crippen LogP contribution in [-0.2, 0) is 6.54 Å². The Balaban J connectivity index is 1.74. The number of hydrogen-bond acceptors (Lipinski definition) is 1. The quantitative estimate of drug-likeness (QED) is 0.635. The molecular weight excluding hydrogens is 348 g/mol. The van der Waals surface area contributed by atoms with Gasteiger partial charge in [-0.25, -0.2) is 0 Å². The van der Waals surface area contributed by atoms with Crippen molar-refractivity contribution in [2.75, 3.05) is 0 Å². The van der Waals surface area contributed by atoms with Gasteiger partial charge in [0.2, 0.25) is 0 Å². The highest BCUT2D eigenvalue weighted by atomic mass is 79.9. The molecule has 0 aliphatic rings. The second-order valence-electron chi connectivity index (χ2n) is 5.12. The first-order valence-electron chi connectivity index (χ1n) is 6.89. The van der Waals surface area contributed by atoms with Gasteiger partial charge in [-0.3, -0.25) is 0 Å². The van der Waals surface area contributed by atoms with Gasteiger partial charge in [-0.2, -0.15) is 0 Å². The van der Waals surface area contributed by atoms with Crippen molar-refractivity contribution in [3.05, 3.63) is 69.3 Å². The van der Waals surface area contributed by atoms with Gasteiger partial charge in [0.1, 0.15) is 0 Å². The van der Waals surface area contributed by atoms with E-state index in [2.05, 4.69) is 57.4 Å². The van der Waals surface area contributed by atoms with E-state index in [0.717, 1.165) is 26.1 Å². The van der Waals surface area contributed by atoms with Crippen LogP contribution < -0.4 is 5.32 Å². The predicted molar refractivity (Wildman–Crippen MR) is 92.7 cm³/mol. The van der Waals surface area contributed by atoms with Crippen LogP contribution in [0.1, 0.15) is 24.2 Å². The Labute approximate surface area is 137 Å². The molecule has 1 atom stereocenters. The first-order valence-corrected chi connectivity index (χ1v) is 8.06. The van der Waals surface area contributed by atoms with Gasteiger partial charge in [-0.1, -0.05) is 57.9 Å². The molecule has 0 aliphatic carbocycles. The van der Waals surface area contributed by atoms with Crippen LogP contribution in [0.15, 0.2) is 53.0 Å². The van der Waals surface area contributed by atoms with Gasteiger partial charge in [0, 0.05) is 33.7 Å². The highest BCUT2D eigenvalue weighted by molar-refractivity contribution is 9.10. The van der Waals surface area contributed by atoms with Crippen LogP contribution in [0.2, 0.25) is 5.02 Å². The summed E-state index contributed by atoms with van der Waals surface area (Å²) in [7, 11) is 0. The maximum Gasteiger partial charge on any atom is 0.0705 e. The van der Waals surface area contributed by atoms with E-state index >= 15 is 0 Å². The van der Waals surface area contributed by atoms with E-state index < -0.39 is 0 Å². The molecule has 2 nitrogen and oxygen atoms in total. The second-order valence-corrected chi connectivity index (χ2v) is 6.41. The third-order valence-corrected chi connectivity index (χ3v) is 4.63. The highest BCUT2D eigenvalue weighted by Gasteiger charge is 2.10. The number of H-pyrrole nitrogens is 1. The van der Waals surface area contributed by atoms with E-state index in [1.807, 2.05) is 24.3 Å². The Hall–Kier alpha value is -1.29. The molecule has 108 valence electrons. The van der Waals surface area contributed by atoms with Crippen molar-refractivity contribution in [2.24, 2.45) is 0 Å². The molecule has 0 amide bonds. The van der Waals surface area contributed by atoms with Gasteiger partial charge in [0.25, 0.3) is 0 Å². The molecule has 0 saturated carbocycles. The SMILES string of the molecule is C[C@@H](NCc1[nH]c2ccccc2c1Cl)c1ccc(Br)cc1. The molecule has 2 aromatic carbocycles. The van der Waals surface area contributed by atoms with Crippen molar-refractivity contribution in [2.45, 2.75) is 19.5 Å². The summed E-state index contributed by atoms with van der Waals surface area (Å²) in [5.74, 6) is 0. The normalized spacial score (nSPS) is 12.7. The lowest BCUT2D eigenvalue weighted by Crippen LogP contribution is -2.18. The number of para-hydroxylation sites is 1. The van der Waals surface area contributed by atoms with Crippen LogP contribution >= 0.6 is 27.5 Å². The summed E-state index contributed by atoms with van der Waals surface area (Å²) in [6.45, 7) is 2.87. The Morgan fingerprint density at radius 2 is 1.86 bits per heavy atom. The van der Waals surface area contributed by atoms with Crippen molar-refractivity contribution in [1.29, 1.82) is 0 Å². The molecule has 3 rings (SSSR count). The summed E-state index contributed by atoms with van der Waals surface area (Å²) < 4.78 is 1.09. The first-order chi connectivity index (χ1) is 10.1. The number of aromatic nitrogens is 1. The van der Waals surface area contributed by atoms with Crippen LogP contribution in [0.5, 0.6) is 0 Å². The standard InChI is InChI=1S/C17H16BrClN2/c1-11(12-6-8-13(18)9-7-12)20-10-16-17(19)14-4-2-3-5-15(14)21-16/h2-9,11,20-21H,10H2,1H3/t11-/m1/s1. The topological polar surface area (TPSA) is 27.8 Å². The number of nitrogens with one attached hydrogen (secondary N) is 2. The van der Waals surface area contributed by atoms with Gasteiger partial charge >= 0.3 is 0 Å². The average molecular weight is 364 g/mol. The molecule has 0 saturated heterocycles. The van der Waals surface area contributed by atoms with E-state index in [-0.39, 0.29) is 6.04 Å². The molecular formula is C17H16BrClN2. The molecule has 1 aromatic heterocycles. The van der Waals surface area contributed by atoms with E-state index in [1.165, 1.54) is 5.56 Å². The van der Waals surface area contributed by atoms with E-state index in [4.69, 9.17) is 11.6 Å². The fourth-order valence-electron chi connectivity index (χ4n) is 2.41. The zero-order valence-electron chi connectivity index (χ0n) is 11.7. The lowest BCUT2D eigenvalue weighted by molar-refractivity contribution is 0.569. The van der Waals surface area contributed by atoms with Crippen molar-refractivity contribution < 1.29 is 0 Å². The first kappa shape index (κ1) is 14.6. The van der Waals surface area contributed by atoms with Crippen molar-refractivity contribution in [3.63, 3.8) is 0 Å². The summed E-state index contributed by atoms with van der Waals surface area (Å²) in [4.78, 5) is 3.38. The van der Waals surface area contributed by atoms with Crippen molar-refractivity contribution in [1.82, 2.24) is 10.3 Å². The third-order valence-electron chi connectivity index (χ3n) is 3.67. The zero-order chi connectivity index (χ0) is 14.8. The second kappa shape index (κ2) is 6.22. The van der Waals surface area contributed by atoms with Crippen LogP contribution in [0.4, 0.5) is 0 Å².